The van der Waals surface area contributed by atoms with Gasteiger partial charge < -0.3 is 11.1 Å². The quantitative estimate of drug-likeness (QED) is 0.409. The van der Waals surface area contributed by atoms with E-state index in [1.807, 2.05) is 0 Å². The molecule has 0 bridgehead atoms. The molecule has 0 saturated carbocycles. The number of benzene rings is 1. The number of carbonyl (C=O) groups excluding carboxylic acids is 1. The van der Waals surface area contributed by atoms with Gasteiger partial charge in [0.05, 0.1) is 5.56 Å². The van der Waals surface area contributed by atoms with Gasteiger partial charge in [0.1, 0.15) is 21.5 Å². The van der Waals surface area contributed by atoms with E-state index >= 15 is 0 Å². The zero-order chi connectivity index (χ0) is 10.9. The van der Waals surface area contributed by atoms with E-state index in [0.717, 1.165) is 6.07 Å². The Balaban J connectivity index is 3.40. The Kier molecular flexibility index (Phi) is 2.84. The lowest BCUT2D eigenvalue weighted by atomic mass is 9.82. The van der Waals surface area contributed by atoms with Gasteiger partial charge in [-0.2, -0.15) is 0 Å². The summed E-state index contributed by atoms with van der Waals surface area (Å²) in [4.78, 5) is 11.1. The molecule has 0 atom stereocenters. The van der Waals surface area contributed by atoms with E-state index in [1.165, 1.54) is 7.05 Å². The fourth-order valence-electron chi connectivity index (χ4n) is 1.02. The molecule has 6 heteroatoms. The number of hydrogen-bond donors (Lipinski definition) is 2. The van der Waals surface area contributed by atoms with Crippen molar-refractivity contribution in [3.63, 3.8) is 0 Å². The summed E-state index contributed by atoms with van der Waals surface area (Å²) >= 11 is 0. The van der Waals surface area contributed by atoms with Crippen LogP contribution < -0.4 is 22.0 Å². The number of amides is 1. The molecule has 0 aliphatic heterocycles. The number of hydrogen-bond acceptors (Lipinski definition) is 2. The second-order valence-electron chi connectivity index (χ2n) is 2.73. The van der Waals surface area contributed by atoms with E-state index in [-0.39, 0.29) is 22.2 Å². The van der Waals surface area contributed by atoms with E-state index in [4.69, 9.17) is 21.4 Å². The molecule has 3 nitrogen and oxygen atoms in total. The lowest BCUT2D eigenvalue weighted by molar-refractivity contribution is 0.0959. The van der Waals surface area contributed by atoms with Crippen molar-refractivity contribution in [1.82, 2.24) is 5.32 Å². The van der Waals surface area contributed by atoms with Gasteiger partial charge in [0.2, 0.25) is 0 Å². The molecule has 0 fully saturated rings. The topological polar surface area (TPSA) is 55.1 Å². The number of nitrogens with two attached hydrogens (primary N) is 1. The third kappa shape index (κ3) is 1.60. The van der Waals surface area contributed by atoms with Crippen LogP contribution in [0.25, 0.3) is 0 Å². The minimum atomic E-state index is -0.851. The van der Waals surface area contributed by atoms with Crippen molar-refractivity contribution in [3.05, 3.63) is 17.4 Å². The highest BCUT2D eigenvalue weighted by atomic mass is 19.1. The highest BCUT2D eigenvalue weighted by Crippen LogP contribution is 2.05. The molecule has 0 aromatic heterocycles. The fourth-order valence-corrected chi connectivity index (χ4v) is 1.02. The van der Waals surface area contributed by atoms with Crippen LogP contribution in [0.3, 0.4) is 0 Å². The molecule has 68 valence electrons. The summed E-state index contributed by atoms with van der Waals surface area (Å²) in [5.74, 6) is -1.45. The predicted octanol–water partition coefficient (Wildman–Crippen LogP) is -1.64. The predicted molar refractivity (Wildman–Crippen MR) is 55.0 cm³/mol. The lowest BCUT2D eigenvalue weighted by Crippen LogP contribution is -2.30. The van der Waals surface area contributed by atoms with Crippen LogP contribution in [0.5, 0.6) is 0 Å². The summed E-state index contributed by atoms with van der Waals surface area (Å²) in [5.41, 5.74) is 4.90. The lowest BCUT2D eigenvalue weighted by Gasteiger charge is -2.10. The van der Waals surface area contributed by atoms with E-state index in [9.17, 15) is 9.18 Å². The Hall–Kier alpha value is -1.45. The van der Waals surface area contributed by atoms with Crippen LogP contribution in [0.2, 0.25) is 0 Å². The number of nitrogens with one attached hydrogen (secondary N) is 1. The maximum absolute atomic E-state index is 13.4. The first kappa shape index (κ1) is 10.6. The summed E-state index contributed by atoms with van der Waals surface area (Å²) in [6.45, 7) is 0. The third-order valence-electron chi connectivity index (χ3n) is 1.85. The largest absolute Gasteiger partial charge is 0.400 e. The molecule has 14 heavy (non-hydrogen) atoms. The highest BCUT2D eigenvalue weighted by Gasteiger charge is 2.14. The van der Waals surface area contributed by atoms with Crippen LogP contribution in [0.15, 0.2) is 6.07 Å². The monoisotopic (exact) mass is 188 g/mol. The minimum Gasteiger partial charge on any atom is -0.400 e. The van der Waals surface area contributed by atoms with Gasteiger partial charge in [0.15, 0.2) is 0 Å². The Morgan fingerprint density at radius 2 is 2.14 bits per heavy atom. The molecule has 0 aliphatic carbocycles. The molecule has 4 radical (unpaired) electrons. The molecule has 0 spiro atoms. The molecule has 1 rings (SSSR count). The van der Waals surface area contributed by atoms with Crippen LogP contribution in [0.1, 0.15) is 10.4 Å². The number of anilines is 1. The second kappa shape index (κ2) is 3.74. The van der Waals surface area contributed by atoms with Crippen molar-refractivity contribution in [2.75, 3.05) is 12.8 Å². The van der Waals surface area contributed by atoms with Gasteiger partial charge in [-0.15, -0.1) is 0 Å². The van der Waals surface area contributed by atoms with E-state index in [1.54, 1.807) is 0 Å². The van der Waals surface area contributed by atoms with Crippen molar-refractivity contribution >= 4 is 38.2 Å². The number of carbonyl (C=O) groups is 1. The van der Waals surface area contributed by atoms with Crippen LogP contribution in [0.4, 0.5) is 10.1 Å². The molecular formula is C8H7B2FN2O. The summed E-state index contributed by atoms with van der Waals surface area (Å²) in [6.07, 6.45) is 0. The summed E-state index contributed by atoms with van der Waals surface area (Å²) in [5, 5.41) is 2.27. The second-order valence-corrected chi connectivity index (χ2v) is 2.73. The van der Waals surface area contributed by atoms with Crippen molar-refractivity contribution in [2.24, 2.45) is 0 Å². The molecule has 1 aromatic carbocycles. The molecule has 1 aromatic rings. The van der Waals surface area contributed by atoms with Gasteiger partial charge in [0.25, 0.3) is 5.91 Å². The van der Waals surface area contributed by atoms with Crippen molar-refractivity contribution in [1.29, 1.82) is 0 Å². The first-order chi connectivity index (χ1) is 6.49. The number of rotatable bonds is 1. The summed E-state index contributed by atoms with van der Waals surface area (Å²) in [6, 6.07) is 1.15. The molecule has 0 aliphatic rings. The van der Waals surface area contributed by atoms with Crippen molar-refractivity contribution in [2.45, 2.75) is 0 Å². The molecule has 0 unspecified atom stereocenters. The zero-order valence-electron chi connectivity index (χ0n) is 7.60. The molecule has 3 N–H and O–H groups in total. The zero-order valence-corrected chi connectivity index (χ0v) is 7.60. The maximum Gasteiger partial charge on any atom is 0.253 e. The van der Waals surface area contributed by atoms with Gasteiger partial charge in [-0.25, -0.2) is 4.39 Å². The fraction of sp³-hybridized carbons (Fsp3) is 0.125. The molecule has 0 heterocycles. The standard InChI is InChI=1S/C8H7B2FN2O/c1-13-8(14)3-2-4(9)7(12)5(10)6(3)11/h2H,12H2,1H3,(H,13,14). The third-order valence-corrected chi connectivity index (χ3v) is 1.85. The van der Waals surface area contributed by atoms with Crippen molar-refractivity contribution in [3.8, 4) is 0 Å². The molecule has 1 amide bonds. The van der Waals surface area contributed by atoms with E-state index < -0.39 is 11.7 Å². The highest BCUT2D eigenvalue weighted by molar-refractivity contribution is 6.44. The van der Waals surface area contributed by atoms with Crippen LogP contribution in [0, 0.1) is 5.82 Å². The normalized spacial score (nSPS) is 9.86. The smallest absolute Gasteiger partial charge is 0.253 e. The number of halogens is 1. The SMILES string of the molecule is [B]c1cc(C(=O)NC)c(F)c([B])c1N. The van der Waals surface area contributed by atoms with Gasteiger partial charge in [-0.3, -0.25) is 4.79 Å². The first-order valence-electron chi connectivity index (χ1n) is 3.84. The molecule has 0 saturated heterocycles. The number of nitrogen functional groups attached to an aromatic ring is 1. The van der Waals surface area contributed by atoms with Gasteiger partial charge in [0, 0.05) is 12.7 Å². The Labute approximate surface area is 83.7 Å². The van der Waals surface area contributed by atoms with Crippen LogP contribution >= 0.6 is 0 Å². The summed E-state index contributed by atoms with van der Waals surface area (Å²) < 4.78 is 13.4. The van der Waals surface area contributed by atoms with Crippen LogP contribution in [-0.4, -0.2) is 28.6 Å². The van der Waals surface area contributed by atoms with Gasteiger partial charge >= 0.3 is 0 Å². The van der Waals surface area contributed by atoms with E-state index in [2.05, 4.69) is 5.32 Å². The minimum absolute atomic E-state index is 0.0462. The van der Waals surface area contributed by atoms with Gasteiger partial charge in [-0.1, -0.05) is 11.5 Å². The van der Waals surface area contributed by atoms with Gasteiger partial charge in [-0.05, 0) is 5.46 Å². The molecular weight excluding hydrogens is 181 g/mol. The van der Waals surface area contributed by atoms with Crippen LogP contribution in [-0.2, 0) is 0 Å². The average molecular weight is 188 g/mol. The summed E-state index contributed by atoms with van der Waals surface area (Å²) in [7, 11) is 12.1. The Morgan fingerprint density at radius 3 is 2.64 bits per heavy atom. The van der Waals surface area contributed by atoms with E-state index in [0.29, 0.717) is 0 Å². The first-order valence-corrected chi connectivity index (χ1v) is 3.84. The maximum atomic E-state index is 13.4. The average Bonchev–Trinajstić information content (AvgIpc) is 2.19. The Morgan fingerprint density at radius 1 is 1.57 bits per heavy atom. The van der Waals surface area contributed by atoms with Crippen molar-refractivity contribution < 1.29 is 9.18 Å². The Bertz CT molecular complexity index is 395.